The number of aromatic nitrogens is 1. The van der Waals surface area contributed by atoms with Crippen molar-refractivity contribution in [3.8, 4) is 0 Å². The molecule has 1 unspecified atom stereocenters. The number of pyridine rings is 1. The monoisotopic (exact) mass is 329 g/mol. The number of halogens is 1. The highest BCUT2D eigenvalue weighted by Gasteiger charge is 2.35. The number of anilines is 2. The predicted octanol–water partition coefficient (Wildman–Crippen LogP) is 3.04. The molecule has 1 atom stereocenters. The lowest BCUT2D eigenvalue weighted by Crippen LogP contribution is -2.28. The zero-order valence-corrected chi connectivity index (χ0v) is 13.4. The Hall–Kier alpha value is -2.40. The molecule has 1 aliphatic rings. The summed E-state index contributed by atoms with van der Waals surface area (Å²) >= 11 is 5.86. The quantitative estimate of drug-likeness (QED) is 0.941. The fourth-order valence-corrected chi connectivity index (χ4v) is 2.71. The molecule has 2 amide bonds. The molecule has 23 heavy (non-hydrogen) atoms. The van der Waals surface area contributed by atoms with E-state index in [1.54, 1.807) is 41.4 Å². The predicted molar refractivity (Wildman–Crippen MR) is 89.5 cm³/mol. The van der Waals surface area contributed by atoms with Crippen molar-refractivity contribution in [2.75, 3.05) is 16.8 Å². The molecule has 0 radical (unpaired) electrons. The Balaban J connectivity index is 1.69. The van der Waals surface area contributed by atoms with Gasteiger partial charge in [-0.3, -0.25) is 9.59 Å². The first kappa shape index (κ1) is 15.5. The number of nitrogens with one attached hydrogen (secondary N) is 1. The molecule has 5 nitrogen and oxygen atoms in total. The van der Waals surface area contributed by atoms with Crippen LogP contribution in [-0.4, -0.2) is 23.3 Å². The van der Waals surface area contributed by atoms with Crippen LogP contribution >= 0.6 is 11.6 Å². The highest BCUT2D eigenvalue weighted by atomic mass is 35.5. The van der Waals surface area contributed by atoms with Crippen molar-refractivity contribution >= 4 is 34.9 Å². The van der Waals surface area contributed by atoms with E-state index in [4.69, 9.17) is 11.6 Å². The van der Waals surface area contributed by atoms with Gasteiger partial charge in [0.05, 0.1) is 5.92 Å². The van der Waals surface area contributed by atoms with Crippen LogP contribution in [0.2, 0.25) is 5.02 Å². The number of carbonyl (C=O) groups excluding carboxylic acids is 2. The van der Waals surface area contributed by atoms with Gasteiger partial charge in [0.25, 0.3) is 0 Å². The Morgan fingerprint density at radius 3 is 2.74 bits per heavy atom. The molecular formula is C17H16ClN3O2. The Morgan fingerprint density at radius 2 is 2.04 bits per heavy atom. The van der Waals surface area contributed by atoms with Crippen LogP contribution in [0.3, 0.4) is 0 Å². The molecule has 2 aromatic rings. The van der Waals surface area contributed by atoms with E-state index in [1.165, 1.54) is 0 Å². The molecule has 6 heteroatoms. The number of rotatable bonds is 3. The van der Waals surface area contributed by atoms with E-state index in [0.29, 0.717) is 17.4 Å². The van der Waals surface area contributed by atoms with E-state index in [9.17, 15) is 9.59 Å². The summed E-state index contributed by atoms with van der Waals surface area (Å²) < 4.78 is 0. The molecule has 0 aliphatic carbocycles. The number of aryl methyl sites for hydroxylation is 1. The largest absolute Gasteiger partial charge is 0.312 e. The Labute approximate surface area is 139 Å². The van der Waals surface area contributed by atoms with Crippen LogP contribution in [0.5, 0.6) is 0 Å². The van der Waals surface area contributed by atoms with Crippen LogP contribution in [0.4, 0.5) is 11.5 Å². The zero-order valence-electron chi connectivity index (χ0n) is 12.6. The first-order valence-electron chi connectivity index (χ1n) is 7.32. The number of hydrogen-bond donors (Lipinski definition) is 1. The van der Waals surface area contributed by atoms with E-state index < -0.39 is 0 Å². The second kappa shape index (κ2) is 6.38. The summed E-state index contributed by atoms with van der Waals surface area (Å²) in [5.41, 5.74) is 1.77. The van der Waals surface area contributed by atoms with Crippen molar-refractivity contribution in [1.82, 2.24) is 4.98 Å². The molecule has 1 N–H and O–H groups in total. The third kappa shape index (κ3) is 3.51. The summed E-state index contributed by atoms with van der Waals surface area (Å²) in [6.07, 6.45) is 1.84. The molecule has 1 aliphatic heterocycles. The van der Waals surface area contributed by atoms with Gasteiger partial charge in [0.15, 0.2) is 0 Å². The Bertz CT molecular complexity index is 746. The summed E-state index contributed by atoms with van der Waals surface area (Å²) in [5, 5.41) is 3.39. The van der Waals surface area contributed by atoms with Gasteiger partial charge in [-0.2, -0.15) is 0 Å². The number of carbonyl (C=O) groups is 2. The van der Waals surface area contributed by atoms with Gasteiger partial charge in [-0.25, -0.2) is 4.98 Å². The fourth-order valence-electron chi connectivity index (χ4n) is 2.59. The standard InChI is InChI=1S/C17H16ClN3O2/c1-11-6-7-19-15(8-11)20-17(23)12-9-16(22)21(10-12)14-4-2-13(18)3-5-14/h2-8,12H,9-10H2,1H3,(H,19,20,23). The first-order chi connectivity index (χ1) is 11.0. The highest BCUT2D eigenvalue weighted by Crippen LogP contribution is 2.27. The molecule has 118 valence electrons. The van der Waals surface area contributed by atoms with Gasteiger partial charge in [0, 0.05) is 29.9 Å². The van der Waals surface area contributed by atoms with Crippen molar-refractivity contribution in [2.45, 2.75) is 13.3 Å². The number of nitrogens with zero attached hydrogens (tertiary/aromatic N) is 2. The number of amides is 2. The maximum absolute atomic E-state index is 12.4. The van der Waals surface area contributed by atoms with Gasteiger partial charge in [-0.05, 0) is 48.9 Å². The minimum Gasteiger partial charge on any atom is -0.312 e. The molecular weight excluding hydrogens is 314 g/mol. The number of hydrogen-bond acceptors (Lipinski definition) is 3. The van der Waals surface area contributed by atoms with Gasteiger partial charge in [-0.15, -0.1) is 0 Å². The van der Waals surface area contributed by atoms with E-state index in [0.717, 1.165) is 11.3 Å². The lowest BCUT2D eigenvalue weighted by Gasteiger charge is -2.16. The van der Waals surface area contributed by atoms with Gasteiger partial charge in [0.2, 0.25) is 11.8 Å². The molecule has 0 bridgehead atoms. The molecule has 1 saturated heterocycles. The Kier molecular flexibility index (Phi) is 4.30. The molecule has 0 spiro atoms. The average molecular weight is 330 g/mol. The summed E-state index contributed by atoms with van der Waals surface area (Å²) in [5.74, 6) is -0.134. The van der Waals surface area contributed by atoms with Crippen LogP contribution in [0.25, 0.3) is 0 Å². The average Bonchev–Trinajstić information content (AvgIpc) is 2.90. The van der Waals surface area contributed by atoms with Crippen LogP contribution in [0, 0.1) is 12.8 Å². The van der Waals surface area contributed by atoms with Gasteiger partial charge in [-0.1, -0.05) is 11.6 Å². The topological polar surface area (TPSA) is 62.3 Å². The van der Waals surface area contributed by atoms with Crippen molar-refractivity contribution < 1.29 is 9.59 Å². The number of benzene rings is 1. The van der Waals surface area contributed by atoms with Crippen LogP contribution in [-0.2, 0) is 9.59 Å². The smallest absolute Gasteiger partial charge is 0.230 e. The van der Waals surface area contributed by atoms with Crippen LogP contribution in [0.1, 0.15) is 12.0 Å². The van der Waals surface area contributed by atoms with E-state index >= 15 is 0 Å². The molecule has 1 aromatic heterocycles. The third-order valence-corrected chi connectivity index (χ3v) is 4.05. The maximum Gasteiger partial charge on any atom is 0.230 e. The van der Waals surface area contributed by atoms with Crippen molar-refractivity contribution in [2.24, 2.45) is 5.92 Å². The van der Waals surface area contributed by atoms with Crippen molar-refractivity contribution in [3.05, 3.63) is 53.2 Å². The normalized spacial score (nSPS) is 17.4. The van der Waals surface area contributed by atoms with E-state index in [1.807, 2.05) is 13.0 Å². The molecule has 2 heterocycles. The zero-order chi connectivity index (χ0) is 16.4. The minimum atomic E-state index is -0.388. The second-order valence-corrected chi connectivity index (χ2v) is 6.03. The Morgan fingerprint density at radius 1 is 1.30 bits per heavy atom. The lowest BCUT2D eigenvalue weighted by atomic mass is 10.1. The van der Waals surface area contributed by atoms with E-state index in [2.05, 4.69) is 10.3 Å². The molecule has 0 saturated carbocycles. The summed E-state index contributed by atoms with van der Waals surface area (Å²) in [6, 6.07) is 10.7. The minimum absolute atomic E-state index is 0.0651. The molecule has 1 fully saturated rings. The lowest BCUT2D eigenvalue weighted by molar-refractivity contribution is -0.122. The second-order valence-electron chi connectivity index (χ2n) is 5.59. The summed E-state index contributed by atoms with van der Waals surface area (Å²) in [7, 11) is 0. The van der Waals surface area contributed by atoms with Gasteiger partial charge in [0.1, 0.15) is 5.82 Å². The third-order valence-electron chi connectivity index (χ3n) is 3.80. The molecule has 1 aromatic carbocycles. The van der Waals surface area contributed by atoms with Crippen LogP contribution < -0.4 is 10.2 Å². The summed E-state index contributed by atoms with van der Waals surface area (Å²) in [4.78, 5) is 30.3. The highest BCUT2D eigenvalue weighted by molar-refractivity contribution is 6.30. The van der Waals surface area contributed by atoms with E-state index in [-0.39, 0.29) is 24.2 Å². The fraction of sp³-hybridized carbons (Fsp3) is 0.235. The maximum atomic E-state index is 12.4. The van der Waals surface area contributed by atoms with Gasteiger partial charge < -0.3 is 10.2 Å². The van der Waals surface area contributed by atoms with Crippen LogP contribution in [0.15, 0.2) is 42.6 Å². The van der Waals surface area contributed by atoms with Crippen molar-refractivity contribution in [3.63, 3.8) is 0 Å². The molecule has 3 rings (SSSR count). The first-order valence-corrected chi connectivity index (χ1v) is 7.70. The van der Waals surface area contributed by atoms with Crippen molar-refractivity contribution in [1.29, 1.82) is 0 Å². The SMILES string of the molecule is Cc1ccnc(NC(=O)C2CC(=O)N(c3ccc(Cl)cc3)C2)c1. The van der Waals surface area contributed by atoms with Gasteiger partial charge >= 0.3 is 0 Å². The summed E-state index contributed by atoms with van der Waals surface area (Å²) in [6.45, 7) is 2.29.